The summed E-state index contributed by atoms with van der Waals surface area (Å²) in [5.74, 6) is 0. The molecule has 2 heterocycles. The van der Waals surface area contributed by atoms with Crippen LogP contribution in [0.1, 0.15) is 0 Å². The lowest BCUT2D eigenvalue weighted by molar-refractivity contribution is 0.940. The Morgan fingerprint density at radius 3 is 1.93 bits per heavy atom. The lowest BCUT2D eigenvalue weighted by Gasteiger charge is -1.90. The van der Waals surface area contributed by atoms with Gasteiger partial charge in [-0.15, -0.1) is 5.10 Å². The molecule has 74 valence electrons. The summed E-state index contributed by atoms with van der Waals surface area (Å²) in [7, 11) is 0. The molecule has 0 aliphatic carbocycles. The second-order valence-corrected chi connectivity index (χ2v) is 2.71. The zero-order valence-electron chi connectivity index (χ0n) is 7.91. The van der Waals surface area contributed by atoms with E-state index in [2.05, 4.69) is 25.4 Å². The molecule has 0 aliphatic heterocycles. The number of nitrogens with zero attached hydrogens (tertiary/aromatic N) is 4. The number of benzene rings is 1. The average Bonchev–Trinajstić information content (AvgIpc) is 2.88. The minimum absolute atomic E-state index is 0.949. The Hall–Kier alpha value is -2.30. The summed E-state index contributed by atoms with van der Waals surface area (Å²) in [6.45, 7) is 0. The molecule has 5 nitrogen and oxygen atoms in total. The van der Waals surface area contributed by atoms with Crippen molar-refractivity contribution in [1.82, 2.24) is 25.4 Å². The van der Waals surface area contributed by atoms with Crippen LogP contribution in [-0.4, -0.2) is 25.4 Å². The summed E-state index contributed by atoms with van der Waals surface area (Å²) in [6, 6.07) is 7.80. The van der Waals surface area contributed by atoms with Crippen molar-refractivity contribution in [2.45, 2.75) is 0 Å². The molecular formula is C10H9N5. The predicted octanol–water partition coefficient (Wildman–Crippen LogP) is 1.43. The molecule has 3 rings (SSSR count). The van der Waals surface area contributed by atoms with Crippen LogP contribution in [0, 0.1) is 0 Å². The third-order valence-corrected chi connectivity index (χ3v) is 1.71. The Kier molecular flexibility index (Phi) is 2.97. The minimum Gasteiger partial charge on any atom is -0.266 e. The fraction of sp³-hybridized carbons (Fsp3) is 0. The minimum atomic E-state index is 0.949. The van der Waals surface area contributed by atoms with Gasteiger partial charge in [0.05, 0.1) is 17.2 Å². The molecule has 0 saturated carbocycles. The topological polar surface area (TPSA) is 67.3 Å². The maximum atomic E-state index is 4.12. The molecule has 0 aliphatic rings. The van der Waals surface area contributed by atoms with E-state index in [9.17, 15) is 0 Å². The van der Waals surface area contributed by atoms with Crippen molar-refractivity contribution < 1.29 is 0 Å². The maximum Gasteiger partial charge on any atom is 0.0886 e. The highest BCUT2D eigenvalue weighted by molar-refractivity contribution is 5.72. The summed E-state index contributed by atoms with van der Waals surface area (Å²) < 4.78 is 0. The number of aromatic nitrogens is 5. The van der Waals surface area contributed by atoms with Gasteiger partial charge in [0.1, 0.15) is 0 Å². The van der Waals surface area contributed by atoms with Crippen molar-refractivity contribution in [3.05, 3.63) is 49.1 Å². The molecule has 0 unspecified atom stereocenters. The van der Waals surface area contributed by atoms with Crippen LogP contribution in [0.25, 0.3) is 11.0 Å². The quantitative estimate of drug-likeness (QED) is 0.594. The molecule has 0 fully saturated rings. The number of nitrogens with one attached hydrogen (secondary N) is 1. The Labute approximate surface area is 86.2 Å². The van der Waals surface area contributed by atoms with Crippen LogP contribution >= 0.6 is 0 Å². The SMILES string of the molecule is c1c[nH]nn1.c1ccc2nccnc2c1. The van der Waals surface area contributed by atoms with Gasteiger partial charge >= 0.3 is 0 Å². The molecule has 2 aromatic heterocycles. The van der Waals surface area contributed by atoms with E-state index < -0.39 is 0 Å². The Morgan fingerprint density at radius 2 is 1.53 bits per heavy atom. The molecule has 0 bridgehead atoms. The van der Waals surface area contributed by atoms with Gasteiger partial charge in [-0.25, -0.2) is 0 Å². The number of fused-ring (bicyclic) bond motifs is 1. The highest BCUT2D eigenvalue weighted by Crippen LogP contribution is 2.04. The third kappa shape index (κ3) is 2.57. The van der Waals surface area contributed by atoms with Gasteiger partial charge in [0, 0.05) is 18.6 Å². The molecule has 1 aromatic carbocycles. The average molecular weight is 199 g/mol. The lowest BCUT2D eigenvalue weighted by atomic mass is 10.3. The van der Waals surface area contributed by atoms with E-state index in [1.807, 2.05) is 24.3 Å². The van der Waals surface area contributed by atoms with Gasteiger partial charge in [-0.2, -0.15) is 0 Å². The van der Waals surface area contributed by atoms with Gasteiger partial charge in [-0.05, 0) is 12.1 Å². The first-order valence-corrected chi connectivity index (χ1v) is 4.43. The zero-order chi connectivity index (χ0) is 10.3. The third-order valence-electron chi connectivity index (χ3n) is 1.71. The standard InChI is InChI=1S/C8H6N2.C2H3N3/c1-2-4-8-7(3-1)9-5-6-10-8;1-2-4-5-3-1/h1-6H;1-2H,(H,3,4,5). The van der Waals surface area contributed by atoms with E-state index in [1.165, 1.54) is 0 Å². The van der Waals surface area contributed by atoms with Crippen LogP contribution in [0.3, 0.4) is 0 Å². The van der Waals surface area contributed by atoms with Gasteiger partial charge in [0.2, 0.25) is 0 Å². The Bertz CT molecular complexity index is 423. The van der Waals surface area contributed by atoms with E-state index >= 15 is 0 Å². The summed E-state index contributed by atoms with van der Waals surface area (Å²) in [5, 5.41) is 9.26. The van der Waals surface area contributed by atoms with Gasteiger partial charge in [0.15, 0.2) is 0 Å². The smallest absolute Gasteiger partial charge is 0.0886 e. The fourth-order valence-electron chi connectivity index (χ4n) is 1.08. The van der Waals surface area contributed by atoms with Gasteiger partial charge < -0.3 is 0 Å². The molecule has 0 saturated heterocycles. The molecule has 0 spiro atoms. The molecule has 15 heavy (non-hydrogen) atoms. The van der Waals surface area contributed by atoms with Crippen LogP contribution in [-0.2, 0) is 0 Å². The van der Waals surface area contributed by atoms with Crippen molar-refractivity contribution in [2.75, 3.05) is 0 Å². The first kappa shape index (κ1) is 9.26. The summed E-state index contributed by atoms with van der Waals surface area (Å²) >= 11 is 0. The predicted molar refractivity (Wildman–Crippen MR) is 55.9 cm³/mol. The van der Waals surface area contributed by atoms with Crippen molar-refractivity contribution >= 4 is 11.0 Å². The van der Waals surface area contributed by atoms with E-state index in [1.54, 1.807) is 24.8 Å². The fourth-order valence-corrected chi connectivity index (χ4v) is 1.08. The highest BCUT2D eigenvalue weighted by atomic mass is 15.3. The van der Waals surface area contributed by atoms with Gasteiger partial charge in [-0.3, -0.25) is 15.1 Å². The number of hydrogen-bond donors (Lipinski definition) is 1. The molecular weight excluding hydrogens is 190 g/mol. The first-order valence-electron chi connectivity index (χ1n) is 4.43. The van der Waals surface area contributed by atoms with Crippen LogP contribution in [0.5, 0.6) is 0 Å². The summed E-state index contributed by atoms with van der Waals surface area (Å²) in [6.07, 6.45) is 6.63. The lowest BCUT2D eigenvalue weighted by Crippen LogP contribution is -1.78. The molecule has 0 amide bonds. The zero-order valence-corrected chi connectivity index (χ0v) is 7.91. The van der Waals surface area contributed by atoms with Crippen LogP contribution in [0.15, 0.2) is 49.1 Å². The van der Waals surface area contributed by atoms with Crippen molar-refractivity contribution in [2.24, 2.45) is 0 Å². The molecule has 3 aromatic rings. The second-order valence-electron chi connectivity index (χ2n) is 2.71. The van der Waals surface area contributed by atoms with Crippen LogP contribution in [0.2, 0.25) is 0 Å². The van der Waals surface area contributed by atoms with E-state index in [4.69, 9.17) is 0 Å². The van der Waals surface area contributed by atoms with E-state index in [0.717, 1.165) is 11.0 Å². The van der Waals surface area contributed by atoms with Crippen molar-refractivity contribution in [1.29, 1.82) is 0 Å². The number of rotatable bonds is 0. The van der Waals surface area contributed by atoms with Crippen molar-refractivity contribution in [3.8, 4) is 0 Å². The highest BCUT2D eigenvalue weighted by Gasteiger charge is 1.88. The summed E-state index contributed by atoms with van der Waals surface area (Å²) in [4.78, 5) is 8.24. The van der Waals surface area contributed by atoms with Crippen LogP contribution in [0.4, 0.5) is 0 Å². The number of H-pyrrole nitrogens is 1. The van der Waals surface area contributed by atoms with Gasteiger partial charge in [-0.1, -0.05) is 17.3 Å². The molecule has 5 heteroatoms. The summed E-state index contributed by atoms with van der Waals surface area (Å²) in [5.41, 5.74) is 1.90. The number of hydrogen-bond acceptors (Lipinski definition) is 4. The first-order chi connectivity index (χ1) is 7.47. The van der Waals surface area contributed by atoms with Crippen molar-refractivity contribution in [3.63, 3.8) is 0 Å². The second kappa shape index (κ2) is 4.80. The Morgan fingerprint density at radius 1 is 0.867 bits per heavy atom. The number of aromatic amines is 1. The maximum absolute atomic E-state index is 4.12. The van der Waals surface area contributed by atoms with E-state index in [-0.39, 0.29) is 0 Å². The van der Waals surface area contributed by atoms with Crippen LogP contribution < -0.4 is 0 Å². The Balaban J connectivity index is 0.000000144. The monoisotopic (exact) mass is 199 g/mol. The number of para-hydroxylation sites is 2. The normalized spacial score (nSPS) is 9.33. The van der Waals surface area contributed by atoms with Gasteiger partial charge in [0.25, 0.3) is 0 Å². The largest absolute Gasteiger partial charge is 0.266 e. The molecule has 0 atom stereocenters. The van der Waals surface area contributed by atoms with E-state index in [0.29, 0.717) is 0 Å². The molecule has 1 N–H and O–H groups in total. The molecule has 0 radical (unpaired) electrons.